The Balaban J connectivity index is 2.30. The largest absolute Gasteiger partial charge is 0.497 e. The van der Waals surface area contributed by atoms with Crippen molar-refractivity contribution in [3.63, 3.8) is 0 Å². The first-order valence-electron chi connectivity index (χ1n) is 9.91. The number of hydrogen-bond acceptors (Lipinski definition) is 3. The molecule has 0 fully saturated rings. The van der Waals surface area contributed by atoms with Gasteiger partial charge in [0, 0.05) is 12.6 Å². The molecule has 1 atom stereocenters. The molecular weight excluding hydrogens is 423 g/mol. The van der Waals surface area contributed by atoms with Gasteiger partial charge in [-0.1, -0.05) is 48.3 Å². The molecule has 0 saturated heterocycles. The van der Waals surface area contributed by atoms with E-state index in [0.29, 0.717) is 16.5 Å². The molecule has 0 aliphatic carbocycles. The molecule has 2 aromatic carbocycles. The summed E-state index contributed by atoms with van der Waals surface area (Å²) in [7, 11) is 1.60. The molecule has 0 radical (unpaired) electrons. The van der Waals surface area contributed by atoms with Gasteiger partial charge in [-0.3, -0.25) is 9.59 Å². The van der Waals surface area contributed by atoms with E-state index in [9.17, 15) is 9.59 Å². The van der Waals surface area contributed by atoms with Crippen LogP contribution in [0.25, 0.3) is 0 Å². The van der Waals surface area contributed by atoms with E-state index in [0.717, 1.165) is 16.9 Å². The smallest absolute Gasteiger partial charge is 0.243 e. The zero-order chi connectivity index (χ0) is 22.3. The quantitative estimate of drug-likeness (QED) is 0.592. The Morgan fingerprint density at radius 3 is 2.20 bits per heavy atom. The number of nitrogens with zero attached hydrogens (tertiary/aromatic N) is 1. The van der Waals surface area contributed by atoms with Gasteiger partial charge in [0.1, 0.15) is 11.8 Å². The summed E-state index contributed by atoms with van der Waals surface area (Å²) in [5.74, 6) is 0.411. The predicted octanol–water partition coefficient (Wildman–Crippen LogP) is 4.88. The maximum absolute atomic E-state index is 13.3. The van der Waals surface area contributed by atoms with Gasteiger partial charge in [0.05, 0.1) is 23.6 Å². The van der Waals surface area contributed by atoms with Gasteiger partial charge in [-0.15, -0.1) is 0 Å². The van der Waals surface area contributed by atoms with Crippen molar-refractivity contribution in [2.75, 3.05) is 7.11 Å². The van der Waals surface area contributed by atoms with Crippen LogP contribution in [0.4, 0.5) is 0 Å². The summed E-state index contributed by atoms with van der Waals surface area (Å²) in [5, 5.41) is 3.78. The lowest BCUT2D eigenvalue weighted by Crippen LogP contribution is -2.50. The fourth-order valence-electron chi connectivity index (χ4n) is 3.15. The maximum Gasteiger partial charge on any atom is 0.243 e. The molecule has 1 N–H and O–H groups in total. The zero-order valence-electron chi connectivity index (χ0n) is 17.7. The molecule has 0 aromatic heterocycles. The highest BCUT2D eigenvalue weighted by molar-refractivity contribution is 6.42. The van der Waals surface area contributed by atoms with E-state index in [-0.39, 0.29) is 30.8 Å². The summed E-state index contributed by atoms with van der Waals surface area (Å²) in [5.41, 5.74) is 1.65. The third kappa shape index (κ3) is 6.64. The molecule has 0 aliphatic rings. The highest BCUT2D eigenvalue weighted by atomic mass is 35.5. The fourth-order valence-corrected chi connectivity index (χ4v) is 3.48. The van der Waals surface area contributed by atoms with Crippen molar-refractivity contribution in [2.24, 2.45) is 0 Å². The van der Waals surface area contributed by atoms with E-state index < -0.39 is 6.04 Å². The molecule has 0 bridgehead atoms. The van der Waals surface area contributed by atoms with Gasteiger partial charge >= 0.3 is 0 Å². The van der Waals surface area contributed by atoms with Gasteiger partial charge in [-0.25, -0.2) is 0 Å². The van der Waals surface area contributed by atoms with E-state index in [1.807, 2.05) is 51.1 Å². The van der Waals surface area contributed by atoms with E-state index in [4.69, 9.17) is 27.9 Å². The lowest BCUT2D eigenvalue weighted by atomic mass is 10.1. The van der Waals surface area contributed by atoms with Gasteiger partial charge in [-0.2, -0.15) is 0 Å². The summed E-state index contributed by atoms with van der Waals surface area (Å²) < 4.78 is 5.17. The maximum atomic E-state index is 13.3. The average Bonchev–Trinajstić information content (AvgIpc) is 2.70. The Labute approximate surface area is 188 Å². The van der Waals surface area contributed by atoms with Gasteiger partial charge in [0.2, 0.25) is 11.8 Å². The number of ether oxygens (including phenoxy) is 1. The first kappa shape index (κ1) is 24.0. The van der Waals surface area contributed by atoms with Crippen LogP contribution in [0.5, 0.6) is 5.75 Å². The summed E-state index contributed by atoms with van der Waals surface area (Å²) in [6, 6.07) is 12.0. The predicted molar refractivity (Wildman–Crippen MR) is 121 cm³/mol. The molecule has 2 rings (SSSR count). The number of hydrogen-bond donors (Lipinski definition) is 1. The summed E-state index contributed by atoms with van der Waals surface area (Å²) in [6.45, 7) is 5.95. The molecule has 2 amide bonds. The summed E-state index contributed by atoms with van der Waals surface area (Å²) >= 11 is 12.2. The van der Waals surface area contributed by atoms with Gasteiger partial charge in [0.25, 0.3) is 0 Å². The number of methoxy groups -OCH3 is 1. The number of nitrogens with one attached hydrogen (secondary N) is 1. The molecular formula is C23H28Cl2N2O3. The van der Waals surface area contributed by atoms with Crippen molar-refractivity contribution in [1.82, 2.24) is 10.2 Å². The third-order valence-corrected chi connectivity index (χ3v) is 5.41. The number of rotatable bonds is 9. The molecule has 162 valence electrons. The number of amides is 2. The molecule has 30 heavy (non-hydrogen) atoms. The van der Waals surface area contributed by atoms with Crippen molar-refractivity contribution in [1.29, 1.82) is 0 Å². The van der Waals surface area contributed by atoms with E-state index in [1.54, 1.807) is 24.1 Å². The molecule has 0 spiro atoms. The summed E-state index contributed by atoms with van der Waals surface area (Å²) in [6.07, 6.45) is 0.672. The normalized spacial score (nSPS) is 11.8. The second-order valence-electron chi connectivity index (χ2n) is 7.38. The SMILES string of the molecule is CC[C@@H](C(=O)NC(C)C)N(Cc1ccc(Cl)c(Cl)c1)C(=O)Cc1ccc(OC)cc1. The van der Waals surface area contributed by atoms with Crippen LogP contribution in [0.1, 0.15) is 38.3 Å². The number of carbonyl (C=O) groups excluding carboxylic acids is 2. The number of benzene rings is 2. The monoisotopic (exact) mass is 450 g/mol. The second kappa shape index (κ2) is 11.2. The van der Waals surface area contributed by atoms with Crippen LogP contribution in [0.3, 0.4) is 0 Å². The highest BCUT2D eigenvalue weighted by Crippen LogP contribution is 2.24. The zero-order valence-corrected chi connectivity index (χ0v) is 19.3. The molecule has 0 heterocycles. The van der Waals surface area contributed by atoms with Gasteiger partial charge < -0.3 is 15.0 Å². The molecule has 0 saturated carbocycles. The Bertz CT molecular complexity index is 869. The van der Waals surface area contributed by atoms with Crippen LogP contribution in [-0.2, 0) is 22.6 Å². The first-order chi connectivity index (χ1) is 14.2. The molecule has 2 aromatic rings. The Morgan fingerprint density at radius 1 is 1.03 bits per heavy atom. The Hall–Kier alpha value is -2.24. The lowest BCUT2D eigenvalue weighted by molar-refractivity contribution is -0.141. The minimum Gasteiger partial charge on any atom is -0.497 e. The van der Waals surface area contributed by atoms with Crippen molar-refractivity contribution in [3.05, 3.63) is 63.6 Å². The minimum absolute atomic E-state index is 0.0185. The standard InChI is InChI=1S/C23H28Cl2N2O3/c1-5-21(23(29)26-15(2)3)27(14-17-8-11-19(24)20(25)12-17)22(28)13-16-6-9-18(30-4)10-7-16/h6-12,15,21H,5,13-14H2,1-4H3,(H,26,29)/t21-/m0/s1. The van der Waals surface area contributed by atoms with Gasteiger partial charge in [0.15, 0.2) is 0 Å². The average molecular weight is 451 g/mol. The van der Waals surface area contributed by atoms with Crippen LogP contribution in [0, 0.1) is 0 Å². The van der Waals surface area contributed by atoms with Crippen LogP contribution >= 0.6 is 23.2 Å². The number of carbonyl (C=O) groups is 2. The fraction of sp³-hybridized carbons (Fsp3) is 0.391. The molecule has 7 heteroatoms. The second-order valence-corrected chi connectivity index (χ2v) is 8.20. The van der Waals surface area contributed by atoms with E-state index in [2.05, 4.69) is 5.32 Å². The number of halogens is 2. The van der Waals surface area contributed by atoms with Crippen LogP contribution in [0.15, 0.2) is 42.5 Å². The van der Waals surface area contributed by atoms with Crippen LogP contribution in [0.2, 0.25) is 10.0 Å². The topological polar surface area (TPSA) is 58.6 Å². The third-order valence-electron chi connectivity index (χ3n) is 4.67. The molecule has 0 unspecified atom stereocenters. The van der Waals surface area contributed by atoms with Gasteiger partial charge in [-0.05, 0) is 55.7 Å². The molecule has 5 nitrogen and oxygen atoms in total. The van der Waals surface area contributed by atoms with Crippen molar-refractivity contribution in [3.8, 4) is 5.75 Å². The van der Waals surface area contributed by atoms with Crippen molar-refractivity contribution >= 4 is 35.0 Å². The Morgan fingerprint density at radius 2 is 1.67 bits per heavy atom. The highest BCUT2D eigenvalue weighted by Gasteiger charge is 2.29. The van der Waals surface area contributed by atoms with Crippen LogP contribution < -0.4 is 10.1 Å². The van der Waals surface area contributed by atoms with Crippen molar-refractivity contribution < 1.29 is 14.3 Å². The lowest BCUT2D eigenvalue weighted by Gasteiger charge is -2.31. The molecule has 0 aliphatic heterocycles. The van der Waals surface area contributed by atoms with E-state index in [1.165, 1.54) is 0 Å². The Kier molecular flexibility index (Phi) is 9.00. The van der Waals surface area contributed by atoms with E-state index >= 15 is 0 Å². The van der Waals surface area contributed by atoms with Crippen molar-refractivity contribution in [2.45, 2.75) is 52.2 Å². The summed E-state index contributed by atoms with van der Waals surface area (Å²) in [4.78, 5) is 27.7. The van der Waals surface area contributed by atoms with Crippen LogP contribution in [-0.4, -0.2) is 35.9 Å². The minimum atomic E-state index is -0.590. The first-order valence-corrected chi connectivity index (χ1v) is 10.7.